The highest BCUT2D eigenvalue weighted by Gasteiger charge is 2.49. The molecule has 9 nitrogen and oxygen atoms in total. The molecular weight excluding hydrogens is 393 g/mol. The molecule has 1 aliphatic carbocycles. The molecule has 1 aromatic heterocycles. The van der Waals surface area contributed by atoms with Crippen molar-refractivity contribution < 1.29 is 35.3 Å². The summed E-state index contributed by atoms with van der Waals surface area (Å²) in [7, 11) is -4.29. The van der Waals surface area contributed by atoms with Crippen LogP contribution in [0.5, 0.6) is 6.01 Å². The van der Waals surface area contributed by atoms with E-state index >= 15 is 0 Å². The van der Waals surface area contributed by atoms with Crippen LogP contribution in [0.1, 0.15) is 13.3 Å². The summed E-state index contributed by atoms with van der Waals surface area (Å²) in [6.45, 7) is 1.86. The Morgan fingerprint density at radius 2 is 2.15 bits per heavy atom. The van der Waals surface area contributed by atoms with Gasteiger partial charge in [0.15, 0.2) is 0 Å². The minimum Gasteiger partial charge on any atom is -0.465 e. The molecule has 0 radical (unpaired) electrons. The minimum atomic E-state index is -5.89. The molecule has 0 saturated carbocycles. The SMILES string of the molecule is CCOC(=O)C1NN(C)C2=c3nc(OS(=O)(=O)C(F)(F)F)ncc3=CCC21. The van der Waals surface area contributed by atoms with Gasteiger partial charge in [0.05, 0.1) is 17.7 Å². The highest BCUT2D eigenvalue weighted by molar-refractivity contribution is 7.87. The lowest BCUT2D eigenvalue weighted by Gasteiger charge is -2.18. The van der Waals surface area contributed by atoms with Crippen LogP contribution < -0.4 is 20.2 Å². The number of hydrogen-bond donors (Lipinski definition) is 1. The molecule has 1 aliphatic heterocycles. The minimum absolute atomic E-state index is 0.176. The van der Waals surface area contributed by atoms with E-state index in [0.717, 1.165) is 6.20 Å². The number of nitrogens with one attached hydrogen (secondary N) is 1. The summed E-state index contributed by atoms with van der Waals surface area (Å²) in [5.41, 5.74) is -2.18. The molecule has 0 bridgehead atoms. The van der Waals surface area contributed by atoms with Crippen LogP contribution in [0, 0.1) is 5.92 Å². The maximum absolute atomic E-state index is 12.5. The van der Waals surface area contributed by atoms with Crippen molar-refractivity contribution in [3.8, 4) is 6.01 Å². The lowest BCUT2D eigenvalue weighted by atomic mass is 9.91. The molecule has 2 atom stereocenters. The van der Waals surface area contributed by atoms with Crippen molar-refractivity contribution in [3.63, 3.8) is 0 Å². The Balaban J connectivity index is 2.05. The number of carbonyl (C=O) groups is 1. The summed E-state index contributed by atoms with van der Waals surface area (Å²) in [5, 5.41) is 2.17. The van der Waals surface area contributed by atoms with Crippen molar-refractivity contribution in [3.05, 3.63) is 16.8 Å². The first-order valence-electron chi connectivity index (χ1n) is 7.80. The van der Waals surface area contributed by atoms with Crippen molar-refractivity contribution in [2.75, 3.05) is 13.7 Å². The van der Waals surface area contributed by atoms with Crippen molar-refractivity contribution in [2.24, 2.45) is 5.92 Å². The normalized spacial score (nSPS) is 22.0. The second kappa shape index (κ2) is 6.64. The van der Waals surface area contributed by atoms with Gasteiger partial charge in [0.1, 0.15) is 6.04 Å². The fraction of sp³-hybridized carbons (Fsp3) is 0.500. The van der Waals surface area contributed by atoms with E-state index in [9.17, 15) is 26.4 Å². The first-order valence-corrected chi connectivity index (χ1v) is 9.20. The van der Waals surface area contributed by atoms with Gasteiger partial charge in [-0.15, -0.1) is 0 Å². The predicted octanol–water partition coefficient (Wildman–Crippen LogP) is -1.00. The number of nitrogens with zero attached hydrogens (tertiary/aromatic N) is 3. The zero-order chi connectivity index (χ0) is 20.0. The number of ether oxygens (including phenoxy) is 1. The lowest BCUT2D eigenvalue weighted by Crippen LogP contribution is -2.40. The Morgan fingerprint density at radius 1 is 1.44 bits per heavy atom. The fourth-order valence-electron chi connectivity index (χ4n) is 2.97. The third-order valence-electron chi connectivity index (χ3n) is 4.09. The molecule has 2 heterocycles. The number of carbonyl (C=O) groups excluding carboxylic acids is 1. The van der Waals surface area contributed by atoms with Crippen LogP contribution >= 0.6 is 0 Å². The molecule has 1 aromatic rings. The molecule has 2 aliphatic rings. The maximum atomic E-state index is 12.5. The fourth-order valence-corrected chi connectivity index (χ4v) is 3.35. The summed E-state index contributed by atoms with van der Waals surface area (Å²) < 4.78 is 68.9. The van der Waals surface area contributed by atoms with Crippen molar-refractivity contribution >= 4 is 27.9 Å². The van der Waals surface area contributed by atoms with Gasteiger partial charge in [0, 0.05) is 24.4 Å². The van der Waals surface area contributed by atoms with Crippen LogP contribution in [-0.2, 0) is 19.6 Å². The highest BCUT2D eigenvalue weighted by Crippen LogP contribution is 2.30. The van der Waals surface area contributed by atoms with Crippen LogP contribution in [0.2, 0.25) is 0 Å². The summed E-state index contributed by atoms with van der Waals surface area (Å²) >= 11 is 0. The summed E-state index contributed by atoms with van der Waals surface area (Å²) in [6.07, 6.45) is 3.31. The Morgan fingerprint density at radius 3 is 2.78 bits per heavy atom. The number of fused-ring (bicyclic) bond motifs is 2. The average molecular weight is 408 g/mol. The zero-order valence-electron chi connectivity index (χ0n) is 14.1. The smallest absolute Gasteiger partial charge is 0.465 e. The highest BCUT2D eigenvalue weighted by atomic mass is 32.2. The molecule has 0 aromatic carbocycles. The van der Waals surface area contributed by atoms with E-state index in [1.807, 2.05) is 0 Å². The molecule has 0 amide bonds. The van der Waals surface area contributed by atoms with Gasteiger partial charge in [-0.3, -0.25) is 4.79 Å². The van der Waals surface area contributed by atoms with E-state index < -0.39 is 33.6 Å². The Kier molecular flexibility index (Phi) is 4.76. The average Bonchev–Trinajstić information content (AvgIpc) is 2.91. The number of alkyl halides is 3. The topological polar surface area (TPSA) is 111 Å². The monoisotopic (exact) mass is 408 g/mol. The second-order valence-corrected chi connectivity index (χ2v) is 7.33. The van der Waals surface area contributed by atoms with E-state index in [1.165, 1.54) is 5.01 Å². The number of halogens is 3. The summed E-state index contributed by atoms with van der Waals surface area (Å²) in [5.74, 6) is -0.866. The third-order valence-corrected chi connectivity index (χ3v) is 5.02. The van der Waals surface area contributed by atoms with Gasteiger partial charge in [0.2, 0.25) is 0 Å². The number of hydrazine groups is 1. The quantitative estimate of drug-likeness (QED) is 0.381. The second-order valence-electron chi connectivity index (χ2n) is 5.79. The summed E-state index contributed by atoms with van der Waals surface area (Å²) in [6, 6.07) is -1.66. The lowest BCUT2D eigenvalue weighted by molar-refractivity contribution is -0.146. The molecule has 1 saturated heterocycles. The standard InChI is InChI=1S/C14H15F3N4O5S/c1-3-25-12(22)10-8-5-4-7-6-18-13(26-27(23,24)14(15,16)17)19-9(7)11(8)21(2)20-10/h4,6,8,10,20H,3,5H2,1-2H3. The molecule has 27 heavy (non-hydrogen) atoms. The van der Waals surface area contributed by atoms with E-state index in [1.54, 1.807) is 20.0 Å². The molecular formula is C14H15F3N4O5S. The van der Waals surface area contributed by atoms with E-state index in [-0.39, 0.29) is 17.9 Å². The maximum Gasteiger partial charge on any atom is 0.534 e. The zero-order valence-corrected chi connectivity index (χ0v) is 15.0. The molecule has 2 unspecified atom stereocenters. The van der Waals surface area contributed by atoms with E-state index in [2.05, 4.69) is 19.6 Å². The van der Waals surface area contributed by atoms with Gasteiger partial charge in [-0.1, -0.05) is 6.08 Å². The largest absolute Gasteiger partial charge is 0.534 e. The van der Waals surface area contributed by atoms with Crippen LogP contribution in [0.25, 0.3) is 11.8 Å². The number of aromatic nitrogens is 2. The van der Waals surface area contributed by atoms with E-state index in [0.29, 0.717) is 17.3 Å². The molecule has 1 fully saturated rings. The summed E-state index contributed by atoms with van der Waals surface area (Å²) in [4.78, 5) is 19.5. The molecule has 0 spiro atoms. The van der Waals surface area contributed by atoms with Crippen LogP contribution in [0.15, 0.2) is 6.20 Å². The number of esters is 1. The van der Waals surface area contributed by atoms with Gasteiger partial charge in [0.25, 0.3) is 0 Å². The first kappa shape index (κ1) is 19.4. The van der Waals surface area contributed by atoms with Gasteiger partial charge in [-0.25, -0.2) is 10.4 Å². The van der Waals surface area contributed by atoms with E-state index in [4.69, 9.17) is 4.74 Å². The van der Waals surface area contributed by atoms with Crippen LogP contribution in [0.3, 0.4) is 0 Å². The van der Waals surface area contributed by atoms with Crippen LogP contribution in [-0.4, -0.2) is 54.6 Å². The Labute approximate surface area is 151 Å². The number of hydrogen-bond acceptors (Lipinski definition) is 9. The molecule has 3 rings (SSSR count). The molecule has 13 heteroatoms. The molecule has 1 N–H and O–H groups in total. The Bertz CT molecular complexity index is 995. The van der Waals surface area contributed by atoms with Crippen LogP contribution in [0.4, 0.5) is 13.2 Å². The van der Waals surface area contributed by atoms with Gasteiger partial charge < -0.3 is 13.9 Å². The third kappa shape index (κ3) is 3.43. The van der Waals surface area contributed by atoms with Gasteiger partial charge in [-0.05, 0) is 13.3 Å². The number of rotatable bonds is 4. The van der Waals surface area contributed by atoms with Crippen molar-refractivity contribution in [1.29, 1.82) is 0 Å². The van der Waals surface area contributed by atoms with Crippen molar-refractivity contribution in [1.82, 2.24) is 20.4 Å². The molecule has 148 valence electrons. The first-order chi connectivity index (χ1) is 12.5. The van der Waals surface area contributed by atoms with Crippen molar-refractivity contribution in [2.45, 2.75) is 24.9 Å². The predicted molar refractivity (Wildman–Crippen MR) is 84.2 cm³/mol. The van der Waals surface area contributed by atoms with Gasteiger partial charge in [-0.2, -0.15) is 26.6 Å². The van der Waals surface area contributed by atoms with Gasteiger partial charge >= 0.3 is 27.6 Å². The Hall–Kier alpha value is -2.41.